The first-order valence-corrected chi connectivity index (χ1v) is 7.27. The molecule has 0 spiro atoms. The van der Waals surface area contributed by atoms with E-state index in [-0.39, 0.29) is 12.6 Å². The van der Waals surface area contributed by atoms with Gasteiger partial charge in [-0.25, -0.2) is 0 Å². The van der Waals surface area contributed by atoms with Crippen LogP contribution in [-0.2, 0) is 6.42 Å². The first kappa shape index (κ1) is 15.2. The van der Waals surface area contributed by atoms with Crippen molar-refractivity contribution in [3.05, 3.63) is 63.6 Å². The van der Waals surface area contributed by atoms with Gasteiger partial charge in [0, 0.05) is 18.3 Å². The number of aliphatic hydroxyl groups is 1. The molecule has 2 N–H and O–H groups in total. The quantitative estimate of drug-likeness (QED) is 0.839. The Bertz CT molecular complexity index is 569. The van der Waals surface area contributed by atoms with Crippen molar-refractivity contribution in [3.8, 4) is 0 Å². The minimum Gasteiger partial charge on any atom is -0.396 e. The summed E-state index contributed by atoms with van der Waals surface area (Å²) in [7, 11) is 0. The highest BCUT2D eigenvalue weighted by atomic mass is 35.5. The number of anilines is 1. The standard InChI is InChI=1S/C16H17Cl2NO/c1-11(13-4-7-15(17)16(18)10-13)19-14-5-2-12(3-6-14)8-9-20/h2-7,10-11,19-20H,8-9H2,1H3. The van der Waals surface area contributed by atoms with E-state index in [4.69, 9.17) is 28.3 Å². The fourth-order valence-corrected chi connectivity index (χ4v) is 2.32. The molecule has 2 rings (SSSR count). The van der Waals surface area contributed by atoms with E-state index in [0.29, 0.717) is 16.5 Å². The van der Waals surface area contributed by atoms with Gasteiger partial charge in [-0.2, -0.15) is 0 Å². The van der Waals surface area contributed by atoms with Crippen molar-refractivity contribution in [1.29, 1.82) is 0 Å². The van der Waals surface area contributed by atoms with Crippen LogP contribution in [0, 0.1) is 0 Å². The van der Waals surface area contributed by atoms with Crippen molar-refractivity contribution in [2.75, 3.05) is 11.9 Å². The molecule has 2 aromatic rings. The fourth-order valence-electron chi connectivity index (χ4n) is 2.01. The second-order valence-electron chi connectivity index (χ2n) is 4.71. The Morgan fingerprint density at radius 1 is 1.05 bits per heavy atom. The molecule has 0 amide bonds. The Morgan fingerprint density at radius 3 is 2.35 bits per heavy atom. The van der Waals surface area contributed by atoms with Gasteiger partial charge in [-0.3, -0.25) is 0 Å². The predicted octanol–water partition coefficient (Wildman–Crippen LogP) is 4.70. The molecule has 20 heavy (non-hydrogen) atoms. The van der Waals surface area contributed by atoms with Crippen LogP contribution < -0.4 is 5.32 Å². The van der Waals surface area contributed by atoms with Crippen LogP contribution in [0.3, 0.4) is 0 Å². The van der Waals surface area contributed by atoms with E-state index in [1.54, 1.807) is 0 Å². The third-order valence-corrected chi connectivity index (χ3v) is 3.92. The molecular formula is C16H17Cl2NO. The molecule has 0 aliphatic carbocycles. The average molecular weight is 310 g/mol. The van der Waals surface area contributed by atoms with E-state index in [1.807, 2.05) is 42.5 Å². The van der Waals surface area contributed by atoms with Gasteiger partial charge in [-0.05, 0) is 48.7 Å². The second-order valence-corrected chi connectivity index (χ2v) is 5.52. The summed E-state index contributed by atoms with van der Waals surface area (Å²) in [5.41, 5.74) is 3.24. The van der Waals surface area contributed by atoms with Crippen molar-refractivity contribution >= 4 is 28.9 Å². The summed E-state index contributed by atoms with van der Waals surface area (Å²) in [5, 5.41) is 13.4. The number of hydrogen-bond donors (Lipinski definition) is 2. The number of nitrogens with one attached hydrogen (secondary N) is 1. The topological polar surface area (TPSA) is 32.3 Å². The Kier molecular flexibility index (Phi) is 5.30. The molecule has 0 heterocycles. The normalized spacial score (nSPS) is 12.2. The molecule has 106 valence electrons. The van der Waals surface area contributed by atoms with Gasteiger partial charge in [0.05, 0.1) is 10.0 Å². The number of aliphatic hydroxyl groups excluding tert-OH is 1. The molecule has 4 heteroatoms. The maximum Gasteiger partial charge on any atom is 0.0595 e. The van der Waals surface area contributed by atoms with Crippen molar-refractivity contribution in [1.82, 2.24) is 0 Å². The summed E-state index contributed by atoms with van der Waals surface area (Å²) in [6, 6.07) is 13.8. The molecular weight excluding hydrogens is 293 g/mol. The zero-order chi connectivity index (χ0) is 14.5. The molecule has 2 nitrogen and oxygen atoms in total. The Labute approximate surface area is 129 Å². The van der Waals surface area contributed by atoms with Crippen LogP contribution in [0.5, 0.6) is 0 Å². The summed E-state index contributed by atoms with van der Waals surface area (Å²) < 4.78 is 0. The highest BCUT2D eigenvalue weighted by Gasteiger charge is 2.07. The largest absolute Gasteiger partial charge is 0.396 e. The number of benzene rings is 2. The van der Waals surface area contributed by atoms with Crippen LogP contribution in [-0.4, -0.2) is 11.7 Å². The van der Waals surface area contributed by atoms with Gasteiger partial charge >= 0.3 is 0 Å². The summed E-state index contributed by atoms with van der Waals surface area (Å²) in [6.45, 7) is 2.24. The van der Waals surface area contributed by atoms with E-state index in [2.05, 4.69) is 12.2 Å². The van der Waals surface area contributed by atoms with Gasteiger partial charge in [0.15, 0.2) is 0 Å². The van der Waals surface area contributed by atoms with Gasteiger partial charge in [-0.1, -0.05) is 41.4 Å². The van der Waals surface area contributed by atoms with Crippen molar-refractivity contribution in [2.24, 2.45) is 0 Å². The monoisotopic (exact) mass is 309 g/mol. The van der Waals surface area contributed by atoms with Crippen LogP contribution in [0.4, 0.5) is 5.69 Å². The van der Waals surface area contributed by atoms with Gasteiger partial charge in [-0.15, -0.1) is 0 Å². The fraction of sp³-hybridized carbons (Fsp3) is 0.250. The molecule has 0 saturated heterocycles. The van der Waals surface area contributed by atoms with E-state index < -0.39 is 0 Å². The second kappa shape index (κ2) is 6.98. The number of hydrogen-bond acceptors (Lipinski definition) is 2. The Balaban J connectivity index is 2.06. The summed E-state index contributed by atoms with van der Waals surface area (Å²) in [6.07, 6.45) is 0.683. The van der Waals surface area contributed by atoms with Crippen LogP contribution in [0.15, 0.2) is 42.5 Å². The molecule has 0 aromatic heterocycles. The van der Waals surface area contributed by atoms with Crippen molar-refractivity contribution < 1.29 is 5.11 Å². The molecule has 0 bridgehead atoms. The SMILES string of the molecule is CC(Nc1ccc(CCO)cc1)c1ccc(Cl)c(Cl)c1. The van der Waals surface area contributed by atoms with Gasteiger partial charge < -0.3 is 10.4 Å². The van der Waals surface area contributed by atoms with Gasteiger partial charge in [0.2, 0.25) is 0 Å². The van der Waals surface area contributed by atoms with E-state index in [1.165, 1.54) is 0 Å². The minimum atomic E-state index is 0.133. The molecule has 0 radical (unpaired) electrons. The van der Waals surface area contributed by atoms with E-state index >= 15 is 0 Å². The lowest BCUT2D eigenvalue weighted by atomic mass is 10.1. The third kappa shape index (κ3) is 3.89. The molecule has 1 atom stereocenters. The van der Waals surface area contributed by atoms with E-state index in [0.717, 1.165) is 16.8 Å². The predicted molar refractivity (Wildman–Crippen MR) is 85.7 cm³/mol. The van der Waals surface area contributed by atoms with Crippen molar-refractivity contribution in [3.63, 3.8) is 0 Å². The minimum absolute atomic E-state index is 0.133. The molecule has 2 aromatic carbocycles. The smallest absolute Gasteiger partial charge is 0.0595 e. The van der Waals surface area contributed by atoms with Crippen LogP contribution >= 0.6 is 23.2 Å². The zero-order valence-electron chi connectivity index (χ0n) is 11.2. The molecule has 0 aliphatic heterocycles. The lowest BCUT2D eigenvalue weighted by molar-refractivity contribution is 0.299. The van der Waals surface area contributed by atoms with Crippen LogP contribution in [0.25, 0.3) is 0 Å². The van der Waals surface area contributed by atoms with Crippen LogP contribution in [0.1, 0.15) is 24.1 Å². The molecule has 0 aliphatic rings. The van der Waals surface area contributed by atoms with Crippen LogP contribution in [0.2, 0.25) is 10.0 Å². The summed E-state index contributed by atoms with van der Waals surface area (Å²) in [4.78, 5) is 0. The van der Waals surface area contributed by atoms with Crippen molar-refractivity contribution in [2.45, 2.75) is 19.4 Å². The maximum atomic E-state index is 8.89. The number of rotatable bonds is 5. The highest BCUT2D eigenvalue weighted by Crippen LogP contribution is 2.27. The molecule has 0 fully saturated rings. The average Bonchev–Trinajstić information content (AvgIpc) is 2.44. The highest BCUT2D eigenvalue weighted by molar-refractivity contribution is 6.42. The lowest BCUT2D eigenvalue weighted by Crippen LogP contribution is -2.06. The van der Waals surface area contributed by atoms with E-state index in [9.17, 15) is 0 Å². The molecule has 0 saturated carbocycles. The molecule has 1 unspecified atom stereocenters. The zero-order valence-corrected chi connectivity index (χ0v) is 12.7. The third-order valence-electron chi connectivity index (χ3n) is 3.18. The maximum absolute atomic E-state index is 8.89. The Morgan fingerprint density at radius 2 is 1.75 bits per heavy atom. The van der Waals surface area contributed by atoms with Gasteiger partial charge in [0.25, 0.3) is 0 Å². The number of halogens is 2. The van der Waals surface area contributed by atoms with Gasteiger partial charge in [0.1, 0.15) is 0 Å². The summed E-state index contributed by atoms with van der Waals surface area (Å²) in [5.74, 6) is 0. The first-order chi connectivity index (χ1) is 9.60. The lowest BCUT2D eigenvalue weighted by Gasteiger charge is -2.16. The summed E-state index contributed by atoms with van der Waals surface area (Å²) >= 11 is 12.0. The first-order valence-electron chi connectivity index (χ1n) is 6.51. The Hall–Kier alpha value is -1.22.